The Kier molecular flexibility index (Phi) is 4.01. The molecule has 1 rings (SSSR count). The van der Waals surface area contributed by atoms with E-state index < -0.39 is 15.9 Å². The predicted octanol–water partition coefficient (Wildman–Crippen LogP) is 0.0156. The van der Waals surface area contributed by atoms with Gasteiger partial charge >= 0.3 is 0 Å². The lowest BCUT2D eigenvalue weighted by atomic mass is 10.2. The van der Waals surface area contributed by atoms with Crippen molar-refractivity contribution in [2.24, 2.45) is 13.0 Å². The van der Waals surface area contributed by atoms with Crippen LogP contribution in [0.15, 0.2) is 9.63 Å². The van der Waals surface area contributed by atoms with Crippen molar-refractivity contribution in [1.29, 1.82) is 5.26 Å². The van der Waals surface area contributed by atoms with Crippen molar-refractivity contribution < 1.29 is 8.42 Å². The molecule has 0 aromatic carbocycles. The fraction of sp³-hybridized carbons (Fsp3) is 0.571. The topological polar surface area (TPSA) is 101 Å². The van der Waals surface area contributed by atoms with Crippen LogP contribution in [0.4, 0.5) is 0 Å². The van der Waals surface area contributed by atoms with Gasteiger partial charge in [0.05, 0.1) is 12.0 Å². The van der Waals surface area contributed by atoms with Crippen molar-refractivity contribution in [1.82, 2.24) is 19.7 Å². The molecule has 9 heteroatoms. The molecule has 16 heavy (non-hydrogen) atoms. The molecule has 0 aliphatic heterocycles. The Morgan fingerprint density at radius 3 is 2.75 bits per heavy atom. The van der Waals surface area contributed by atoms with Crippen LogP contribution < -0.4 is 4.72 Å². The van der Waals surface area contributed by atoms with Crippen molar-refractivity contribution in [3.63, 3.8) is 0 Å². The number of sulfonamides is 1. The van der Waals surface area contributed by atoms with E-state index in [1.165, 1.54) is 7.05 Å². The van der Waals surface area contributed by atoms with E-state index in [0.717, 1.165) is 4.68 Å². The summed E-state index contributed by atoms with van der Waals surface area (Å²) in [5.41, 5.74) is 0. The summed E-state index contributed by atoms with van der Waals surface area (Å²) in [4.78, 5) is 0. The van der Waals surface area contributed by atoms with Crippen LogP contribution in [0.3, 0.4) is 0 Å². The molecule has 88 valence electrons. The third kappa shape index (κ3) is 2.78. The van der Waals surface area contributed by atoms with Gasteiger partial charge in [0.25, 0.3) is 10.0 Å². The van der Waals surface area contributed by atoms with Gasteiger partial charge in [0.15, 0.2) is 4.60 Å². The second-order valence-electron chi connectivity index (χ2n) is 3.19. The quantitative estimate of drug-likeness (QED) is 0.845. The number of halogens is 1. The molecule has 0 fully saturated rings. The van der Waals surface area contributed by atoms with E-state index in [0.29, 0.717) is 0 Å². The highest BCUT2D eigenvalue weighted by Crippen LogP contribution is 2.17. The van der Waals surface area contributed by atoms with Crippen LogP contribution in [-0.2, 0) is 17.1 Å². The Labute approximate surface area is 102 Å². The summed E-state index contributed by atoms with van der Waals surface area (Å²) in [6, 6.07) is 1.94. The number of hydrogen-bond acceptors (Lipinski definition) is 5. The second kappa shape index (κ2) is 4.90. The minimum atomic E-state index is -3.69. The minimum Gasteiger partial charge on any atom is -0.235 e. The second-order valence-corrected chi connectivity index (χ2v) is 5.62. The summed E-state index contributed by atoms with van der Waals surface area (Å²) in [7, 11) is -2.22. The first-order valence-electron chi connectivity index (χ1n) is 4.33. The van der Waals surface area contributed by atoms with Gasteiger partial charge in [-0.05, 0) is 22.9 Å². The SMILES string of the molecule is CC(C#N)CNS(=O)(=O)c1c(Br)nnn1C. The third-order valence-electron chi connectivity index (χ3n) is 1.79. The van der Waals surface area contributed by atoms with Gasteiger partial charge in [0.2, 0.25) is 5.03 Å². The van der Waals surface area contributed by atoms with Gasteiger partial charge in [0.1, 0.15) is 0 Å². The number of nitrogens with zero attached hydrogens (tertiary/aromatic N) is 4. The number of nitrogens with one attached hydrogen (secondary N) is 1. The maximum atomic E-state index is 11.8. The lowest BCUT2D eigenvalue weighted by Gasteiger charge is -2.07. The first-order chi connectivity index (χ1) is 7.38. The van der Waals surface area contributed by atoms with Crippen molar-refractivity contribution in [3.8, 4) is 6.07 Å². The zero-order valence-corrected chi connectivity index (χ0v) is 11.1. The van der Waals surface area contributed by atoms with Crippen LogP contribution in [0.5, 0.6) is 0 Å². The van der Waals surface area contributed by atoms with E-state index in [9.17, 15) is 8.42 Å². The van der Waals surface area contributed by atoms with E-state index in [2.05, 4.69) is 31.0 Å². The Balaban J connectivity index is 2.92. The molecule has 0 bridgehead atoms. The van der Waals surface area contributed by atoms with Crippen LogP contribution in [0.1, 0.15) is 6.92 Å². The summed E-state index contributed by atoms with van der Waals surface area (Å²) in [6.45, 7) is 1.68. The van der Waals surface area contributed by atoms with Crippen molar-refractivity contribution in [3.05, 3.63) is 4.60 Å². The van der Waals surface area contributed by atoms with E-state index in [1.54, 1.807) is 6.92 Å². The fourth-order valence-corrected chi connectivity index (χ4v) is 3.18. The molecule has 0 aliphatic carbocycles. The van der Waals surface area contributed by atoms with Gasteiger partial charge in [-0.25, -0.2) is 17.8 Å². The average molecular weight is 308 g/mol. The molecule has 1 aromatic heterocycles. The minimum absolute atomic E-state index is 0.0520. The molecule has 0 aliphatic rings. The summed E-state index contributed by atoms with van der Waals surface area (Å²) in [5, 5.41) is 15.6. The van der Waals surface area contributed by atoms with Gasteiger partial charge in [-0.1, -0.05) is 5.21 Å². The molecule has 1 unspecified atom stereocenters. The maximum Gasteiger partial charge on any atom is 0.260 e. The van der Waals surface area contributed by atoms with Gasteiger partial charge in [-0.2, -0.15) is 5.26 Å². The Hall–Kier alpha value is -0.980. The van der Waals surface area contributed by atoms with Gasteiger partial charge < -0.3 is 0 Å². The average Bonchev–Trinajstić information content (AvgIpc) is 2.55. The van der Waals surface area contributed by atoms with E-state index in [1.807, 2.05) is 6.07 Å². The number of aryl methyl sites for hydroxylation is 1. The third-order valence-corrected chi connectivity index (χ3v) is 4.10. The van der Waals surface area contributed by atoms with Crippen LogP contribution in [-0.4, -0.2) is 30.0 Å². The Morgan fingerprint density at radius 2 is 2.31 bits per heavy atom. The fourth-order valence-electron chi connectivity index (χ4n) is 0.957. The predicted molar refractivity (Wildman–Crippen MR) is 58.7 cm³/mol. The molecule has 0 radical (unpaired) electrons. The first kappa shape index (κ1) is 13.1. The van der Waals surface area contributed by atoms with Gasteiger partial charge in [-0.15, -0.1) is 5.10 Å². The van der Waals surface area contributed by atoms with Gasteiger partial charge in [0, 0.05) is 13.6 Å². The molecule has 0 saturated heterocycles. The molecule has 1 atom stereocenters. The highest BCUT2D eigenvalue weighted by molar-refractivity contribution is 9.10. The standard InChI is InChI=1S/C7H10BrN5O2S/c1-5(3-9)4-10-16(14,15)7-6(8)11-12-13(7)2/h5,10H,4H2,1-2H3. The highest BCUT2D eigenvalue weighted by atomic mass is 79.9. The van der Waals surface area contributed by atoms with Crippen molar-refractivity contribution in [2.75, 3.05) is 6.54 Å². The number of hydrogen-bond donors (Lipinski definition) is 1. The molecular weight excluding hydrogens is 298 g/mol. The summed E-state index contributed by atoms with van der Waals surface area (Å²) in [6.07, 6.45) is 0. The normalized spacial score (nSPS) is 13.4. The van der Waals surface area contributed by atoms with Crippen molar-refractivity contribution in [2.45, 2.75) is 11.9 Å². The highest BCUT2D eigenvalue weighted by Gasteiger charge is 2.23. The molecule has 0 saturated carbocycles. The molecule has 1 N–H and O–H groups in total. The summed E-state index contributed by atoms with van der Waals surface area (Å²) in [5.74, 6) is -0.394. The summed E-state index contributed by atoms with van der Waals surface area (Å²) >= 11 is 3.00. The molecular formula is C7H10BrN5O2S. The lowest BCUT2D eigenvalue weighted by molar-refractivity contribution is 0.553. The van der Waals surface area contributed by atoms with Crippen molar-refractivity contribution >= 4 is 26.0 Å². The Bertz CT molecular complexity index is 498. The molecule has 1 heterocycles. The monoisotopic (exact) mass is 307 g/mol. The van der Waals surface area contributed by atoms with E-state index in [-0.39, 0.29) is 16.2 Å². The van der Waals surface area contributed by atoms with Gasteiger partial charge in [-0.3, -0.25) is 0 Å². The number of rotatable bonds is 4. The smallest absolute Gasteiger partial charge is 0.235 e. The molecule has 1 aromatic rings. The van der Waals surface area contributed by atoms with Crippen LogP contribution in [0.25, 0.3) is 0 Å². The molecule has 0 amide bonds. The van der Waals surface area contributed by atoms with Crippen LogP contribution >= 0.6 is 15.9 Å². The Morgan fingerprint density at radius 1 is 1.69 bits per heavy atom. The lowest BCUT2D eigenvalue weighted by Crippen LogP contribution is -2.29. The van der Waals surface area contributed by atoms with E-state index >= 15 is 0 Å². The largest absolute Gasteiger partial charge is 0.260 e. The molecule has 0 spiro atoms. The van der Waals surface area contributed by atoms with E-state index in [4.69, 9.17) is 5.26 Å². The molecule has 7 nitrogen and oxygen atoms in total. The number of aromatic nitrogens is 3. The zero-order chi connectivity index (χ0) is 12.3. The maximum absolute atomic E-state index is 11.8. The zero-order valence-electron chi connectivity index (χ0n) is 8.68. The first-order valence-corrected chi connectivity index (χ1v) is 6.60. The number of nitriles is 1. The summed E-state index contributed by atoms with van der Waals surface area (Å²) < 4.78 is 27.2. The van der Waals surface area contributed by atoms with Crippen LogP contribution in [0, 0.1) is 17.2 Å². The van der Waals surface area contributed by atoms with Crippen LogP contribution in [0.2, 0.25) is 0 Å².